The van der Waals surface area contributed by atoms with Gasteiger partial charge in [0.05, 0.1) is 16.8 Å². The van der Waals surface area contributed by atoms with Crippen molar-refractivity contribution in [2.45, 2.75) is 31.6 Å². The Labute approximate surface area is 152 Å². The first kappa shape index (κ1) is 16.5. The molecular formula is C18H15FN2O2S2. The van der Waals surface area contributed by atoms with E-state index in [2.05, 4.69) is 4.98 Å². The van der Waals surface area contributed by atoms with E-state index < -0.39 is 0 Å². The van der Waals surface area contributed by atoms with Crippen molar-refractivity contribution in [1.29, 1.82) is 0 Å². The zero-order valence-corrected chi connectivity index (χ0v) is 14.9. The van der Waals surface area contributed by atoms with Crippen LogP contribution in [0.25, 0.3) is 10.9 Å². The van der Waals surface area contributed by atoms with Gasteiger partial charge in [0.15, 0.2) is 17.3 Å². The van der Waals surface area contributed by atoms with Crippen molar-refractivity contribution in [3.63, 3.8) is 0 Å². The number of rotatable bonds is 4. The number of aromatic nitrogens is 2. The molecule has 1 saturated carbocycles. The fraction of sp³-hybridized carbons (Fsp3) is 0.278. The van der Waals surface area contributed by atoms with Gasteiger partial charge in [-0.3, -0.25) is 13.6 Å². The second kappa shape index (κ2) is 6.72. The molecule has 0 aliphatic heterocycles. The van der Waals surface area contributed by atoms with Gasteiger partial charge in [0.2, 0.25) is 5.78 Å². The zero-order valence-electron chi connectivity index (χ0n) is 13.3. The molecular weight excluding hydrogens is 359 g/mol. The lowest BCUT2D eigenvalue weighted by Gasteiger charge is -2.18. The highest BCUT2D eigenvalue weighted by Gasteiger charge is 2.25. The molecule has 0 atom stereocenters. The Kier molecular flexibility index (Phi) is 4.43. The highest BCUT2D eigenvalue weighted by Crippen LogP contribution is 2.33. The molecule has 0 N–H and O–H groups in total. The van der Waals surface area contributed by atoms with Crippen LogP contribution in [0.15, 0.2) is 35.8 Å². The van der Waals surface area contributed by atoms with Crippen molar-refractivity contribution in [3.8, 4) is 0 Å². The van der Waals surface area contributed by atoms with E-state index in [0.717, 1.165) is 23.9 Å². The Hall–Kier alpha value is -1.99. The monoisotopic (exact) mass is 374 g/mol. The third kappa shape index (κ3) is 3.02. The minimum atomic E-state index is -0.188. The summed E-state index contributed by atoms with van der Waals surface area (Å²) in [5, 5.41) is 3.05. The molecule has 3 aromatic rings. The largest absolute Gasteiger partial charge is 0.300 e. The number of para-hydroxylation sites is 1. The van der Waals surface area contributed by atoms with Gasteiger partial charge in [0, 0.05) is 35.7 Å². The molecule has 1 aromatic carbocycles. The Bertz CT molecular complexity index is 953. The van der Waals surface area contributed by atoms with Gasteiger partial charge in [-0.05, 0) is 18.9 Å². The second-order valence-electron chi connectivity index (χ2n) is 6.17. The van der Waals surface area contributed by atoms with Crippen LogP contribution in [-0.4, -0.2) is 20.5 Å². The van der Waals surface area contributed by atoms with Crippen LogP contribution in [0.2, 0.25) is 0 Å². The molecule has 0 spiro atoms. The smallest absolute Gasteiger partial charge is 0.223 e. The SMILES string of the molecule is O=C1CCC(c2csc(C(=O)c3cn(SF)c4ccccc34)n2)CC1. The summed E-state index contributed by atoms with van der Waals surface area (Å²) in [6.07, 6.45) is 4.30. The summed E-state index contributed by atoms with van der Waals surface area (Å²) < 4.78 is 14.5. The molecule has 0 bridgehead atoms. The van der Waals surface area contributed by atoms with E-state index in [0.29, 0.717) is 34.7 Å². The van der Waals surface area contributed by atoms with Crippen LogP contribution >= 0.6 is 23.7 Å². The number of nitrogens with zero attached hydrogens (tertiary/aromatic N) is 2. The van der Waals surface area contributed by atoms with E-state index >= 15 is 0 Å². The number of thiazole rings is 1. The average Bonchev–Trinajstić information content (AvgIpc) is 3.27. The number of Topliss-reactive ketones (excluding diaryl/α,β-unsaturated/α-hetero) is 1. The summed E-state index contributed by atoms with van der Waals surface area (Å²) in [5.41, 5.74) is 2.02. The lowest BCUT2D eigenvalue weighted by molar-refractivity contribution is -0.120. The first-order valence-corrected chi connectivity index (χ1v) is 9.63. The third-order valence-corrected chi connectivity index (χ3v) is 5.98. The van der Waals surface area contributed by atoms with E-state index in [1.54, 1.807) is 6.07 Å². The van der Waals surface area contributed by atoms with Crippen LogP contribution in [0, 0.1) is 0 Å². The molecule has 2 heterocycles. The Balaban J connectivity index is 1.65. The van der Waals surface area contributed by atoms with Crippen molar-refractivity contribution in [2.75, 3.05) is 0 Å². The van der Waals surface area contributed by atoms with Gasteiger partial charge < -0.3 is 0 Å². The number of carbonyl (C=O) groups is 2. The third-order valence-electron chi connectivity index (χ3n) is 4.67. The molecule has 0 unspecified atom stereocenters. The maximum absolute atomic E-state index is 13.1. The minimum Gasteiger partial charge on any atom is -0.300 e. The Morgan fingerprint density at radius 2 is 2.04 bits per heavy atom. The maximum atomic E-state index is 13.1. The van der Waals surface area contributed by atoms with Crippen molar-refractivity contribution in [3.05, 3.63) is 52.1 Å². The number of fused-ring (bicyclic) bond motifs is 1. The molecule has 2 aromatic heterocycles. The topological polar surface area (TPSA) is 52.0 Å². The number of benzene rings is 1. The zero-order chi connectivity index (χ0) is 17.4. The predicted octanol–water partition coefficient (Wildman–Crippen LogP) is 4.94. The molecule has 4 rings (SSSR count). The van der Waals surface area contributed by atoms with Gasteiger partial charge in [0.1, 0.15) is 5.78 Å². The molecule has 0 radical (unpaired) electrons. The highest BCUT2D eigenvalue weighted by atomic mass is 32.2. The molecule has 1 aliphatic carbocycles. The average molecular weight is 374 g/mol. The van der Waals surface area contributed by atoms with E-state index in [1.165, 1.54) is 21.5 Å². The van der Waals surface area contributed by atoms with Gasteiger partial charge in [-0.2, -0.15) is 0 Å². The van der Waals surface area contributed by atoms with Crippen LogP contribution in [0.5, 0.6) is 0 Å². The van der Waals surface area contributed by atoms with Gasteiger partial charge in [-0.1, -0.05) is 18.2 Å². The summed E-state index contributed by atoms with van der Waals surface area (Å²) in [4.78, 5) is 28.8. The summed E-state index contributed by atoms with van der Waals surface area (Å²) in [6, 6.07) is 7.25. The van der Waals surface area contributed by atoms with Crippen molar-refractivity contribution < 1.29 is 13.5 Å². The summed E-state index contributed by atoms with van der Waals surface area (Å²) in [7, 11) is 0. The second-order valence-corrected chi connectivity index (χ2v) is 7.56. The number of halogens is 1. The summed E-state index contributed by atoms with van der Waals surface area (Å²) in [5.74, 6) is 0.365. The van der Waals surface area contributed by atoms with E-state index in [9.17, 15) is 13.5 Å². The van der Waals surface area contributed by atoms with Crippen molar-refractivity contribution in [1.82, 2.24) is 8.96 Å². The fourth-order valence-electron chi connectivity index (χ4n) is 3.32. The van der Waals surface area contributed by atoms with Gasteiger partial charge in [-0.25, -0.2) is 4.98 Å². The van der Waals surface area contributed by atoms with Crippen LogP contribution in [-0.2, 0) is 4.79 Å². The lowest BCUT2D eigenvalue weighted by atomic mass is 9.87. The minimum absolute atomic E-state index is 0.0754. The highest BCUT2D eigenvalue weighted by molar-refractivity contribution is 7.92. The molecule has 0 saturated heterocycles. The summed E-state index contributed by atoms with van der Waals surface area (Å²) >= 11 is 1.39. The normalized spacial score (nSPS) is 15.8. The standard InChI is InChI=1S/C18H15FN2O2S2/c19-25-21-9-14(13-3-1-2-4-16(13)21)17(23)18-20-15(10-24-18)11-5-7-12(22)8-6-11/h1-4,9-11H,5-8H2. The number of ketones is 2. The number of hydrogen-bond acceptors (Lipinski definition) is 5. The van der Waals surface area contributed by atoms with Gasteiger partial charge in [-0.15, -0.1) is 15.2 Å². The predicted molar refractivity (Wildman–Crippen MR) is 97.8 cm³/mol. The molecule has 25 heavy (non-hydrogen) atoms. The molecule has 7 heteroatoms. The number of hydrogen-bond donors (Lipinski definition) is 0. The van der Waals surface area contributed by atoms with Crippen molar-refractivity contribution in [2.24, 2.45) is 0 Å². The molecule has 1 aliphatic rings. The molecule has 128 valence electrons. The van der Waals surface area contributed by atoms with Crippen LogP contribution < -0.4 is 0 Å². The first-order valence-electron chi connectivity index (χ1n) is 8.08. The molecule has 0 amide bonds. The fourth-order valence-corrected chi connectivity index (χ4v) is 4.55. The Morgan fingerprint density at radius 3 is 2.80 bits per heavy atom. The van der Waals surface area contributed by atoms with E-state index in [4.69, 9.17) is 0 Å². The van der Waals surface area contributed by atoms with E-state index in [-0.39, 0.29) is 24.0 Å². The lowest BCUT2D eigenvalue weighted by Crippen LogP contribution is -2.13. The van der Waals surface area contributed by atoms with Crippen molar-refractivity contribution >= 4 is 46.1 Å². The maximum Gasteiger partial charge on any atom is 0.223 e. The molecule has 4 nitrogen and oxygen atoms in total. The quantitative estimate of drug-likeness (QED) is 0.607. The Morgan fingerprint density at radius 1 is 1.28 bits per heavy atom. The number of carbonyl (C=O) groups excluding carboxylic acids is 2. The van der Waals surface area contributed by atoms with E-state index in [1.807, 2.05) is 23.6 Å². The summed E-state index contributed by atoms with van der Waals surface area (Å²) in [6.45, 7) is 0. The first-order chi connectivity index (χ1) is 12.2. The molecule has 1 fully saturated rings. The van der Waals surface area contributed by atoms with Gasteiger partial charge in [0.25, 0.3) is 0 Å². The van der Waals surface area contributed by atoms with Crippen LogP contribution in [0.4, 0.5) is 3.89 Å². The van der Waals surface area contributed by atoms with Crippen LogP contribution in [0.1, 0.15) is 52.7 Å². The van der Waals surface area contributed by atoms with Gasteiger partial charge >= 0.3 is 0 Å². The van der Waals surface area contributed by atoms with Crippen LogP contribution in [0.3, 0.4) is 0 Å².